The molecule has 0 aromatic carbocycles. The second-order valence-corrected chi connectivity index (χ2v) is 11.8. The fourth-order valence-corrected chi connectivity index (χ4v) is 6.30. The number of fused-ring (bicyclic) bond motifs is 1. The van der Waals surface area contributed by atoms with Gasteiger partial charge in [0, 0.05) is 12.8 Å². The number of nitrogens with zero attached hydrogens (tertiary/aromatic N) is 7. The Morgan fingerprint density at radius 1 is 1.00 bits per heavy atom. The van der Waals surface area contributed by atoms with Crippen molar-refractivity contribution >= 4 is 17.6 Å². The van der Waals surface area contributed by atoms with E-state index in [-0.39, 0.29) is 67.1 Å². The monoisotopic (exact) mass is 629 g/mol. The van der Waals surface area contributed by atoms with Gasteiger partial charge in [0.25, 0.3) is 11.7 Å². The molecule has 2 N–H and O–H groups in total. The number of carbonyl (C=O) groups excluding carboxylic acids is 2. The first-order valence-corrected chi connectivity index (χ1v) is 14.2. The first-order chi connectivity index (χ1) is 20.7. The Labute approximate surface area is 245 Å². The highest BCUT2D eigenvalue weighted by Gasteiger charge is 2.65. The Hall–Kier alpha value is -3.83. The second-order valence-electron chi connectivity index (χ2n) is 11.8. The van der Waals surface area contributed by atoms with E-state index >= 15 is 0 Å². The van der Waals surface area contributed by atoms with Crippen LogP contribution in [0, 0.1) is 12.8 Å². The van der Waals surface area contributed by atoms with Crippen molar-refractivity contribution in [3.8, 4) is 0 Å². The van der Waals surface area contributed by atoms with E-state index in [1.165, 1.54) is 23.8 Å². The van der Waals surface area contributed by atoms with E-state index in [4.69, 9.17) is 0 Å². The van der Waals surface area contributed by atoms with E-state index < -0.39 is 60.0 Å². The van der Waals surface area contributed by atoms with Crippen molar-refractivity contribution in [1.29, 1.82) is 0 Å². The van der Waals surface area contributed by atoms with Gasteiger partial charge in [-0.2, -0.15) is 22.7 Å². The van der Waals surface area contributed by atoms with Crippen molar-refractivity contribution in [1.82, 2.24) is 45.4 Å². The first kappa shape index (κ1) is 30.2. The highest BCUT2D eigenvalue weighted by atomic mass is 19.3. The van der Waals surface area contributed by atoms with Gasteiger partial charge < -0.3 is 15.5 Å². The molecule has 1 aliphatic carbocycles. The summed E-state index contributed by atoms with van der Waals surface area (Å²) in [5.41, 5.74) is -1.03. The van der Waals surface area contributed by atoms with Crippen molar-refractivity contribution < 1.29 is 40.6 Å². The van der Waals surface area contributed by atoms with Crippen LogP contribution in [-0.4, -0.2) is 90.6 Å². The van der Waals surface area contributed by atoms with Gasteiger partial charge in [0.05, 0.1) is 48.3 Å². The Morgan fingerprint density at radius 2 is 1.66 bits per heavy atom. The van der Waals surface area contributed by atoms with Gasteiger partial charge >= 0.3 is 11.8 Å². The zero-order valence-electron chi connectivity index (χ0n) is 23.5. The molecule has 1 saturated carbocycles. The largest absolute Gasteiger partial charge is 0.342 e. The van der Waals surface area contributed by atoms with Crippen LogP contribution in [0.5, 0.6) is 0 Å². The number of rotatable bonds is 6. The van der Waals surface area contributed by atoms with Gasteiger partial charge in [0.15, 0.2) is 5.69 Å². The van der Waals surface area contributed by atoms with Gasteiger partial charge in [-0.05, 0) is 56.8 Å². The lowest BCUT2D eigenvalue weighted by molar-refractivity contribution is -0.172. The van der Waals surface area contributed by atoms with Crippen LogP contribution in [0.25, 0.3) is 5.78 Å². The van der Waals surface area contributed by atoms with Crippen LogP contribution >= 0.6 is 0 Å². The van der Waals surface area contributed by atoms with Gasteiger partial charge in [0.1, 0.15) is 5.69 Å². The van der Waals surface area contributed by atoms with E-state index in [1.54, 1.807) is 0 Å². The quantitative estimate of drug-likeness (QED) is 0.394. The van der Waals surface area contributed by atoms with Gasteiger partial charge in [-0.25, -0.2) is 27.9 Å². The number of piperidine rings is 1. The molecule has 0 unspecified atom stereocenters. The van der Waals surface area contributed by atoms with E-state index in [0.717, 1.165) is 0 Å². The van der Waals surface area contributed by atoms with E-state index in [9.17, 15) is 35.9 Å². The fourth-order valence-electron chi connectivity index (χ4n) is 6.30. The van der Waals surface area contributed by atoms with E-state index in [0.29, 0.717) is 18.0 Å². The third-order valence-electron chi connectivity index (χ3n) is 8.88. The van der Waals surface area contributed by atoms with Crippen LogP contribution in [0.2, 0.25) is 0 Å². The van der Waals surface area contributed by atoms with E-state index in [2.05, 4.69) is 40.6 Å². The number of nitrogens with one attached hydrogen (secondary N) is 2. The molecule has 12 nitrogen and oxygen atoms in total. The molecule has 2 aliphatic heterocycles. The molecular formula is C26H29F6N9O3. The lowest BCUT2D eigenvalue weighted by Gasteiger charge is -2.38. The van der Waals surface area contributed by atoms with Crippen molar-refractivity contribution in [3.05, 3.63) is 35.2 Å². The number of alkyl halides is 6. The maximum Gasteiger partial charge on any atom is 0.329 e. The Kier molecular flexibility index (Phi) is 7.32. The maximum absolute atomic E-state index is 14.0. The first-order valence-electron chi connectivity index (χ1n) is 14.2. The Bertz CT molecular complexity index is 1550. The minimum Gasteiger partial charge on any atom is -0.342 e. The summed E-state index contributed by atoms with van der Waals surface area (Å²) in [5.74, 6) is -13.6. The number of hydrogen-bond donors (Lipinski definition) is 2. The number of carbonyl (C=O) groups is 2. The molecule has 18 heteroatoms. The third kappa shape index (κ3) is 5.26. The minimum absolute atomic E-state index is 0.0139. The van der Waals surface area contributed by atoms with Crippen molar-refractivity contribution in [2.75, 3.05) is 26.2 Å². The summed E-state index contributed by atoms with van der Waals surface area (Å²) in [7, 11) is 0. The van der Waals surface area contributed by atoms with E-state index in [1.807, 2.05) is 0 Å². The van der Waals surface area contributed by atoms with Crippen molar-refractivity contribution in [3.63, 3.8) is 0 Å². The van der Waals surface area contributed by atoms with Crippen LogP contribution in [-0.2, 0) is 10.2 Å². The third-order valence-corrected chi connectivity index (χ3v) is 8.88. The molecule has 2 saturated heterocycles. The van der Waals surface area contributed by atoms with Gasteiger partial charge in [-0.1, -0.05) is 5.16 Å². The molecule has 3 aromatic rings. The molecule has 238 valence electrons. The molecule has 44 heavy (non-hydrogen) atoms. The molecular weight excluding hydrogens is 600 g/mol. The van der Waals surface area contributed by atoms with Crippen LogP contribution in [0.3, 0.4) is 0 Å². The minimum atomic E-state index is -4.37. The molecule has 3 aliphatic rings. The van der Waals surface area contributed by atoms with Crippen molar-refractivity contribution in [2.45, 2.75) is 74.7 Å². The smallest absolute Gasteiger partial charge is 0.329 e. The topological polar surface area (TPSA) is 143 Å². The van der Waals surface area contributed by atoms with Crippen LogP contribution < -0.4 is 10.6 Å². The van der Waals surface area contributed by atoms with Crippen LogP contribution in [0.15, 0.2) is 17.0 Å². The van der Waals surface area contributed by atoms with Crippen LogP contribution in [0.4, 0.5) is 26.3 Å². The predicted molar refractivity (Wildman–Crippen MR) is 137 cm³/mol. The van der Waals surface area contributed by atoms with Crippen LogP contribution in [0.1, 0.15) is 72.1 Å². The molecule has 0 bridgehead atoms. The van der Waals surface area contributed by atoms with Gasteiger partial charge in [0.2, 0.25) is 11.8 Å². The molecule has 0 spiro atoms. The molecule has 5 heterocycles. The zero-order valence-corrected chi connectivity index (χ0v) is 23.5. The summed E-state index contributed by atoms with van der Waals surface area (Å²) >= 11 is 0. The standard InChI is InChI=1S/C26H29F6N9O3/c1-14-18(39-44-38-14)20(42)37-19(15-2-4-24(27,28)5-3-15)16-11-41-22(35-16)36-17(10-34-41)23(6-8-33-9-7-23)21(43)40-12-25(29,30)26(31,32)13-40/h10-11,15,19,33H,2-9,12-13H2,1H3,(H,37,42)/t19-/m0/s1. The molecule has 3 fully saturated rings. The number of imidazole rings is 1. The molecule has 2 amide bonds. The Morgan fingerprint density at radius 3 is 2.27 bits per heavy atom. The van der Waals surface area contributed by atoms with Gasteiger partial charge in [-0.3, -0.25) is 9.59 Å². The molecule has 6 rings (SSSR count). The fraction of sp³-hybridized carbons (Fsp3) is 0.654. The summed E-state index contributed by atoms with van der Waals surface area (Å²) in [6.45, 7) is -0.714. The normalized spacial score (nSPS) is 23.5. The highest BCUT2D eigenvalue weighted by molar-refractivity contribution is 5.93. The number of halogens is 6. The number of aromatic nitrogens is 6. The summed E-state index contributed by atoms with van der Waals surface area (Å²) in [5, 5.41) is 17.4. The average Bonchev–Trinajstić information content (AvgIpc) is 3.66. The predicted octanol–water partition coefficient (Wildman–Crippen LogP) is 2.85. The summed E-state index contributed by atoms with van der Waals surface area (Å²) in [4.78, 5) is 36.2. The summed E-state index contributed by atoms with van der Waals surface area (Å²) in [6.07, 6.45) is 2.35. The number of amides is 2. The zero-order chi connectivity index (χ0) is 31.5. The summed E-state index contributed by atoms with van der Waals surface area (Å²) in [6, 6.07) is -0.856. The lowest BCUT2D eigenvalue weighted by Crippen LogP contribution is -2.52. The maximum atomic E-state index is 14.0. The molecule has 3 aromatic heterocycles. The molecule has 1 atom stereocenters. The number of hydrogen-bond acceptors (Lipinski definition) is 9. The lowest BCUT2D eigenvalue weighted by atomic mass is 9.75. The molecule has 0 radical (unpaired) electrons. The Balaban J connectivity index is 1.34. The summed E-state index contributed by atoms with van der Waals surface area (Å²) < 4.78 is 90.0. The number of likely N-dealkylation sites (tertiary alicyclic amines) is 1. The second kappa shape index (κ2) is 10.7. The van der Waals surface area contributed by atoms with Crippen molar-refractivity contribution in [2.24, 2.45) is 5.92 Å². The van der Waals surface area contributed by atoms with Gasteiger partial charge in [-0.15, -0.1) is 0 Å². The number of aryl methyl sites for hydroxylation is 1. The SMILES string of the molecule is Cc1nonc1C(=O)N[C@H](c1cn2ncc(C3(C(=O)N4CC(F)(F)C(F)(F)C4)CCNCC3)nc2n1)C1CCC(F)(F)CC1. The average molecular weight is 630 g/mol. The highest BCUT2D eigenvalue weighted by Crippen LogP contribution is 2.45.